The van der Waals surface area contributed by atoms with Gasteiger partial charge in [0.15, 0.2) is 0 Å². The van der Waals surface area contributed by atoms with Crippen LogP contribution in [0.2, 0.25) is 0 Å². The van der Waals surface area contributed by atoms with Crippen molar-refractivity contribution < 1.29 is 9.50 Å². The van der Waals surface area contributed by atoms with Crippen molar-refractivity contribution in [3.63, 3.8) is 0 Å². The zero-order valence-corrected chi connectivity index (χ0v) is 9.07. The van der Waals surface area contributed by atoms with E-state index in [-0.39, 0.29) is 10.6 Å². The number of fused-ring (bicyclic) bond motifs is 1. The highest BCUT2D eigenvalue weighted by Gasteiger charge is 2.36. The fraction of sp³-hybridized carbons (Fsp3) is 0.455. The van der Waals surface area contributed by atoms with Crippen LogP contribution in [0.15, 0.2) is 18.2 Å². The molecule has 14 heavy (non-hydrogen) atoms. The highest BCUT2D eigenvalue weighted by Crippen LogP contribution is 2.45. The van der Waals surface area contributed by atoms with Gasteiger partial charge in [-0.15, -0.1) is 11.8 Å². The Labute approximate surface area is 87.3 Å². The van der Waals surface area contributed by atoms with Gasteiger partial charge in [-0.05, 0) is 25.5 Å². The summed E-state index contributed by atoms with van der Waals surface area (Å²) in [6.45, 7) is 3.96. The molecule has 1 aromatic rings. The van der Waals surface area contributed by atoms with E-state index in [0.29, 0.717) is 11.3 Å². The lowest BCUT2D eigenvalue weighted by Crippen LogP contribution is -2.30. The van der Waals surface area contributed by atoms with Crippen molar-refractivity contribution in [2.24, 2.45) is 0 Å². The predicted octanol–water partition coefficient (Wildman–Crippen LogP) is 2.88. The number of rotatable bonds is 0. The Morgan fingerprint density at radius 2 is 2.21 bits per heavy atom. The molecule has 0 aliphatic carbocycles. The Balaban J connectivity index is 2.51. The number of halogens is 1. The third-order valence-corrected chi connectivity index (χ3v) is 4.10. The molecule has 0 spiro atoms. The molecule has 3 heteroatoms. The predicted molar refractivity (Wildman–Crippen MR) is 56.7 cm³/mol. The van der Waals surface area contributed by atoms with Crippen LogP contribution in [0.25, 0.3) is 0 Å². The van der Waals surface area contributed by atoms with E-state index in [9.17, 15) is 9.50 Å². The third-order valence-electron chi connectivity index (χ3n) is 2.70. The van der Waals surface area contributed by atoms with Crippen LogP contribution in [0.4, 0.5) is 4.39 Å². The summed E-state index contributed by atoms with van der Waals surface area (Å²) in [5.41, 5.74) is 1.40. The lowest BCUT2D eigenvalue weighted by atomic mass is 9.93. The second kappa shape index (κ2) is 3.24. The summed E-state index contributed by atoms with van der Waals surface area (Å²) in [6, 6.07) is 4.92. The van der Waals surface area contributed by atoms with Crippen LogP contribution < -0.4 is 0 Å². The first-order valence-electron chi connectivity index (χ1n) is 4.61. The quantitative estimate of drug-likeness (QED) is 0.713. The van der Waals surface area contributed by atoms with Crippen LogP contribution in [0.5, 0.6) is 0 Å². The molecule has 0 saturated heterocycles. The van der Waals surface area contributed by atoms with Crippen molar-refractivity contribution in [3.05, 3.63) is 35.1 Å². The molecule has 0 aromatic heterocycles. The molecule has 1 aromatic carbocycles. The van der Waals surface area contributed by atoms with Gasteiger partial charge in [0.05, 0.1) is 6.10 Å². The lowest BCUT2D eigenvalue weighted by molar-refractivity contribution is 0.140. The van der Waals surface area contributed by atoms with Gasteiger partial charge in [0, 0.05) is 16.1 Å². The van der Waals surface area contributed by atoms with E-state index in [1.165, 1.54) is 6.07 Å². The Bertz CT molecular complexity index is 362. The van der Waals surface area contributed by atoms with Crippen LogP contribution in [-0.4, -0.2) is 9.85 Å². The highest BCUT2D eigenvalue weighted by molar-refractivity contribution is 7.99. The first kappa shape index (κ1) is 9.99. The molecule has 0 fully saturated rings. The van der Waals surface area contributed by atoms with Crippen molar-refractivity contribution in [3.8, 4) is 0 Å². The van der Waals surface area contributed by atoms with Gasteiger partial charge in [-0.25, -0.2) is 4.39 Å². The molecule has 0 amide bonds. The number of hydrogen-bond acceptors (Lipinski definition) is 2. The molecule has 1 aliphatic heterocycles. The van der Waals surface area contributed by atoms with Gasteiger partial charge in [0.1, 0.15) is 5.82 Å². The first-order chi connectivity index (χ1) is 6.52. The van der Waals surface area contributed by atoms with Gasteiger partial charge >= 0.3 is 0 Å². The Morgan fingerprint density at radius 1 is 1.50 bits per heavy atom. The molecule has 1 atom stereocenters. The maximum atomic E-state index is 13.4. The molecule has 0 bridgehead atoms. The van der Waals surface area contributed by atoms with Crippen LogP contribution >= 0.6 is 11.8 Å². The monoisotopic (exact) mass is 212 g/mol. The highest BCUT2D eigenvalue weighted by atomic mass is 32.2. The van der Waals surface area contributed by atoms with Crippen molar-refractivity contribution in [2.45, 2.75) is 30.5 Å². The maximum Gasteiger partial charge on any atom is 0.127 e. The second-order valence-electron chi connectivity index (χ2n) is 4.10. The number of aliphatic hydroxyl groups is 1. The Morgan fingerprint density at radius 3 is 2.93 bits per heavy atom. The van der Waals surface area contributed by atoms with E-state index < -0.39 is 6.10 Å². The zero-order valence-electron chi connectivity index (χ0n) is 8.25. The van der Waals surface area contributed by atoms with E-state index >= 15 is 0 Å². The van der Waals surface area contributed by atoms with Gasteiger partial charge < -0.3 is 5.11 Å². The Kier molecular flexibility index (Phi) is 2.32. The molecule has 0 saturated carbocycles. The number of hydrogen-bond donors (Lipinski definition) is 1. The molecule has 0 radical (unpaired) electrons. The van der Waals surface area contributed by atoms with Crippen LogP contribution in [-0.2, 0) is 5.75 Å². The fourth-order valence-corrected chi connectivity index (χ4v) is 2.80. The summed E-state index contributed by atoms with van der Waals surface area (Å²) in [4.78, 5) is 0. The SMILES string of the molecule is CC1(C)SCc2c(F)cccc2C1O. The summed E-state index contributed by atoms with van der Waals surface area (Å²) in [5, 5.41) is 10.0. The fourth-order valence-electron chi connectivity index (χ4n) is 1.70. The van der Waals surface area contributed by atoms with Gasteiger partial charge in [-0.1, -0.05) is 12.1 Å². The lowest BCUT2D eigenvalue weighted by Gasteiger charge is -2.36. The summed E-state index contributed by atoms with van der Waals surface area (Å²) in [6.07, 6.45) is -0.577. The number of thioether (sulfide) groups is 1. The van der Waals surface area contributed by atoms with E-state index in [1.807, 2.05) is 19.9 Å². The molecule has 1 aliphatic rings. The minimum absolute atomic E-state index is 0.204. The molecule has 1 N–H and O–H groups in total. The van der Waals surface area contributed by atoms with E-state index in [0.717, 1.165) is 5.56 Å². The van der Waals surface area contributed by atoms with E-state index in [2.05, 4.69) is 0 Å². The van der Waals surface area contributed by atoms with Gasteiger partial charge in [-0.3, -0.25) is 0 Å². The maximum absolute atomic E-state index is 13.4. The largest absolute Gasteiger partial charge is 0.387 e. The standard InChI is InChI=1S/C11H13FOS/c1-11(2)10(13)7-4-3-5-9(12)8(7)6-14-11/h3-5,10,13H,6H2,1-2H3. The molecule has 2 rings (SSSR count). The van der Waals surface area contributed by atoms with Crippen LogP contribution in [0.1, 0.15) is 31.1 Å². The third kappa shape index (κ3) is 1.44. The van der Waals surface area contributed by atoms with E-state index in [4.69, 9.17) is 0 Å². The van der Waals surface area contributed by atoms with Crippen LogP contribution in [0, 0.1) is 5.82 Å². The molecular weight excluding hydrogens is 199 g/mol. The summed E-state index contributed by atoms with van der Waals surface area (Å²) in [7, 11) is 0. The summed E-state index contributed by atoms with van der Waals surface area (Å²) >= 11 is 1.60. The first-order valence-corrected chi connectivity index (χ1v) is 5.60. The molecule has 76 valence electrons. The molecular formula is C11H13FOS. The average Bonchev–Trinajstić information content (AvgIpc) is 2.13. The minimum atomic E-state index is -0.577. The second-order valence-corrected chi connectivity index (χ2v) is 5.73. The smallest absolute Gasteiger partial charge is 0.127 e. The molecule has 1 nitrogen and oxygen atoms in total. The summed E-state index contributed by atoms with van der Waals surface area (Å²) < 4.78 is 13.2. The van der Waals surface area contributed by atoms with Crippen molar-refractivity contribution >= 4 is 11.8 Å². The van der Waals surface area contributed by atoms with Crippen LogP contribution in [0.3, 0.4) is 0 Å². The van der Waals surface area contributed by atoms with Gasteiger partial charge in [-0.2, -0.15) is 0 Å². The Hall–Kier alpha value is -0.540. The van der Waals surface area contributed by atoms with Crippen molar-refractivity contribution in [2.75, 3.05) is 0 Å². The van der Waals surface area contributed by atoms with E-state index in [1.54, 1.807) is 17.8 Å². The molecule has 1 heterocycles. The normalized spacial score (nSPS) is 24.4. The van der Waals surface area contributed by atoms with Crippen molar-refractivity contribution in [1.82, 2.24) is 0 Å². The minimum Gasteiger partial charge on any atom is -0.387 e. The number of aliphatic hydroxyl groups excluding tert-OH is 1. The van der Waals surface area contributed by atoms with Crippen molar-refractivity contribution in [1.29, 1.82) is 0 Å². The topological polar surface area (TPSA) is 20.2 Å². The van der Waals surface area contributed by atoms with Gasteiger partial charge in [0.25, 0.3) is 0 Å². The average molecular weight is 212 g/mol. The van der Waals surface area contributed by atoms with Gasteiger partial charge in [0.2, 0.25) is 0 Å². The zero-order chi connectivity index (χ0) is 10.3. The summed E-state index contributed by atoms with van der Waals surface area (Å²) in [5.74, 6) is 0.441. The molecule has 1 unspecified atom stereocenters. The number of benzene rings is 1.